The number of ether oxygens (including phenoxy) is 1. The number of amides is 1. The second-order valence-corrected chi connectivity index (χ2v) is 5.34. The molecule has 1 amide bonds. The van der Waals surface area contributed by atoms with Gasteiger partial charge in [-0.05, 0) is 24.6 Å². The zero-order valence-electron chi connectivity index (χ0n) is 10.9. The van der Waals surface area contributed by atoms with Gasteiger partial charge in [0.1, 0.15) is 11.4 Å². The van der Waals surface area contributed by atoms with Crippen molar-refractivity contribution in [2.45, 2.75) is 13.3 Å². The van der Waals surface area contributed by atoms with Crippen LogP contribution in [0, 0.1) is 0 Å². The van der Waals surface area contributed by atoms with E-state index >= 15 is 0 Å². The molecule has 0 aliphatic carbocycles. The molecule has 5 nitrogen and oxygen atoms in total. The highest BCUT2D eigenvalue weighted by Gasteiger charge is 2.13. The van der Waals surface area contributed by atoms with Crippen molar-refractivity contribution in [3.63, 3.8) is 0 Å². The minimum Gasteiger partial charge on any atom is -0.491 e. The van der Waals surface area contributed by atoms with E-state index in [9.17, 15) is 4.79 Å². The van der Waals surface area contributed by atoms with Crippen molar-refractivity contribution in [2.24, 2.45) is 0 Å². The lowest BCUT2D eigenvalue weighted by Crippen LogP contribution is -2.13. The quantitative estimate of drug-likeness (QED) is 0.887. The lowest BCUT2D eigenvalue weighted by Gasteiger charge is -2.11. The number of nitrogens with two attached hydrogens (primary N) is 1. The summed E-state index contributed by atoms with van der Waals surface area (Å²) >= 11 is 7.16. The third-order valence-electron chi connectivity index (χ3n) is 2.41. The van der Waals surface area contributed by atoms with Gasteiger partial charge < -0.3 is 15.8 Å². The Morgan fingerprint density at radius 2 is 2.35 bits per heavy atom. The van der Waals surface area contributed by atoms with Crippen LogP contribution in [0.1, 0.15) is 23.8 Å². The van der Waals surface area contributed by atoms with Crippen LogP contribution in [0.4, 0.5) is 10.8 Å². The highest BCUT2D eigenvalue weighted by Crippen LogP contribution is 2.28. The van der Waals surface area contributed by atoms with E-state index in [1.165, 1.54) is 11.3 Å². The van der Waals surface area contributed by atoms with Gasteiger partial charge in [0.05, 0.1) is 12.3 Å². The minimum absolute atomic E-state index is 0.272. The number of rotatable bonds is 5. The van der Waals surface area contributed by atoms with Crippen LogP contribution in [0.5, 0.6) is 5.75 Å². The molecule has 1 heterocycles. The van der Waals surface area contributed by atoms with E-state index < -0.39 is 0 Å². The van der Waals surface area contributed by atoms with Crippen LogP contribution >= 0.6 is 22.9 Å². The second-order valence-electron chi connectivity index (χ2n) is 4.01. The maximum Gasteiger partial charge on any atom is 0.275 e. The number of anilines is 2. The van der Waals surface area contributed by atoms with Gasteiger partial charge in [0.15, 0.2) is 5.13 Å². The average molecular weight is 312 g/mol. The van der Waals surface area contributed by atoms with Gasteiger partial charge in [-0.15, -0.1) is 11.3 Å². The summed E-state index contributed by atoms with van der Waals surface area (Å²) in [7, 11) is 0. The molecule has 106 valence electrons. The molecule has 0 bridgehead atoms. The van der Waals surface area contributed by atoms with E-state index in [2.05, 4.69) is 10.3 Å². The summed E-state index contributed by atoms with van der Waals surface area (Å²) in [5, 5.41) is 5.20. The predicted octanol–water partition coefficient (Wildman–Crippen LogP) is 3.42. The molecular formula is C13H14ClN3O2S. The van der Waals surface area contributed by atoms with Crippen molar-refractivity contribution in [2.75, 3.05) is 17.7 Å². The summed E-state index contributed by atoms with van der Waals surface area (Å²) in [5.41, 5.74) is 6.30. The maximum atomic E-state index is 12.0. The van der Waals surface area contributed by atoms with Crippen molar-refractivity contribution >= 4 is 39.7 Å². The Labute approximate surface area is 125 Å². The van der Waals surface area contributed by atoms with E-state index in [0.29, 0.717) is 28.2 Å². The predicted molar refractivity (Wildman–Crippen MR) is 81.7 cm³/mol. The zero-order valence-corrected chi connectivity index (χ0v) is 12.4. The molecule has 0 aliphatic heterocycles. The standard InChI is InChI=1S/C13H14ClN3O2S/c1-2-5-19-11-4-3-8(14)6-9(11)16-12(18)10-7-20-13(15)17-10/h3-4,6-7H,2,5H2,1H3,(H2,15,17)(H,16,18). The third kappa shape index (κ3) is 3.61. The molecular weight excluding hydrogens is 298 g/mol. The molecule has 1 aromatic carbocycles. The fraction of sp³-hybridized carbons (Fsp3) is 0.231. The van der Waals surface area contributed by atoms with Crippen LogP contribution in [0.25, 0.3) is 0 Å². The van der Waals surface area contributed by atoms with Crippen LogP contribution in [-0.2, 0) is 0 Å². The number of hydrogen-bond acceptors (Lipinski definition) is 5. The number of aromatic nitrogens is 1. The monoisotopic (exact) mass is 311 g/mol. The number of benzene rings is 1. The highest BCUT2D eigenvalue weighted by molar-refractivity contribution is 7.13. The highest BCUT2D eigenvalue weighted by atomic mass is 35.5. The number of thiazole rings is 1. The van der Waals surface area contributed by atoms with E-state index in [1.54, 1.807) is 23.6 Å². The third-order valence-corrected chi connectivity index (χ3v) is 3.32. The summed E-state index contributed by atoms with van der Waals surface area (Å²) in [6.45, 7) is 2.57. The molecule has 0 saturated heterocycles. The van der Waals surface area contributed by atoms with Gasteiger partial charge in [0.25, 0.3) is 5.91 Å². The Balaban J connectivity index is 2.18. The fourth-order valence-corrected chi connectivity index (χ4v) is 2.23. The molecule has 2 rings (SSSR count). The van der Waals surface area contributed by atoms with Crippen molar-refractivity contribution in [3.05, 3.63) is 34.3 Å². The molecule has 0 saturated carbocycles. The van der Waals surface area contributed by atoms with E-state index in [4.69, 9.17) is 22.1 Å². The Morgan fingerprint density at radius 1 is 1.55 bits per heavy atom. The minimum atomic E-state index is -0.346. The second kappa shape index (κ2) is 6.58. The van der Waals surface area contributed by atoms with E-state index in [0.717, 1.165) is 6.42 Å². The van der Waals surface area contributed by atoms with E-state index in [-0.39, 0.29) is 11.6 Å². The SMILES string of the molecule is CCCOc1ccc(Cl)cc1NC(=O)c1csc(N)n1. The molecule has 0 spiro atoms. The number of nitrogen functional groups attached to an aromatic ring is 1. The molecule has 0 atom stereocenters. The number of hydrogen-bond donors (Lipinski definition) is 2. The van der Waals surface area contributed by atoms with Crippen LogP contribution < -0.4 is 15.8 Å². The number of halogens is 1. The van der Waals surface area contributed by atoms with Crippen molar-refractivity contribution in [3.8, 4) is 5.75 Å². The lowest BCUT2D eigenvalue weighted by atomic mass is 10.2. The zero-order chi connectivity index (χ0) is 14.5. The first-order chi connectivity index (χ1) is 9.60. The van der Waals surface area contributed by atoms with Crippen molar-refractivity contribution < 1.29 is 9.53 Å². The molecule has 7 heteroatoms. The Kier molecular flexibility index (Phi) is 4.81. The molecule has 0 fully saturated rings. The molecule has 0 radical (unpaired) electrons. The smallest absolute Gasteiger partial charge is 0.275 e. The van der Waals surface area contributed by atoms with Gasteiger partial charge in [-0.3, -0.25) is 4.79 Å². The number of carbonyl (C=O) groups excluding carboxylic acids is 1. The molecule has 20 heavy (non-hydrogen) atoms. The molecule has 2 aromatic rings. The van der Waals surface area contributed by atoms with Crippen molar-refractivity contribution in [1.29, 1.82) is 0 Å². The normalized spacial score (nSPS) is 10.3. The van der Waals surface area contributed by atoms with Crippen LogP contribution in [0.2, 0.25) is 5.02 Å². The topological polar surface area (TPSA) is 77.2 Å². The van der Waals surface area contributed by atoms with Crippen LogP contribution in [0.15, 0.2) is 23.6 Å². The number of nitrogens with zero attached hydrogens (tertiary/aromatic N) is 1. The number of carbonyl (C=O) groups is 1. The summed E-state index contributed by atoms with van der Waals surface area (Å²) in [6, 6.07) is 5.08. The molecule has 0 unspecified atom stereocenters. The van der Waals surface area contributed by atoms with Gasteiger partial charge in [-0.25, -0.2) is 4.98 Å². The summed E-state index contributed by atoms with van der Waals surface area (Å²) in [5.74, 6) is 0.231. The summed E-state index contributed by atoms with van der Waals surface area (Å²) in [4.78, 5) is 16.0. The largest absolute Gasteiger partial charge is 0.491 e. The van der Waals surface area contributed by atoms with Crippen LogP contribution in [0.3, 0.4) is 0 Å². The first-order valence-corrected chi connectivity index (χ1v) is 7.30. The molecule has 1 aromatic heterocycles. The Bertz CT molecular complexity index is 615. The summed E-state index contributed by atoms with van der Waals surface area (Å²) < 4.78 is 5.57. The maximum absolute atomic E-state index is 12.0. The lowest BCUT2D eigenvalue weighted by molar-refractivity contribution is 0.102. The average Bonchev–Trinajstić information content (AvgIpc) is 2.85. The first-order valence-electron chi connectivity index (χ1n) is 6.05. The van der Waals surface area contributed by atoms with Gasteiger partial charge >= 0.3 is 0 Å². The van der Waals surface area contributed by atoms with Gasteiger partial charge in [0.2, 0.25) is 0 Å². The summed E-state index contributed by atoms with van der Waals surface area (Å²) in [6.07, 6.45) is 0.874. The molecule has 0 aliphatic rings. The van der Waals surface area contributed by atoms with Gasteiger partial charge in [-0.1, -0.05) is 18.5 Å². The van der Waals surface area contributed by atoms with Crippen molar-refractivity contribution in [1.82, 2.24) is 4.98 Å². The Morgan fingerprint density at radius 3 is 3.00 bits per heavy atom. The van der Waals surface area contributed by atoms with Crippen LogP contribution in [-0.4, -0.2) is 17.5 Å². The number of nitrogens with one attached hydrogen (secondary N) is 1. The first kappa shape index (κ1) is 14.6. The fourth-order valence-electron chi connectivity index (χ4n) is 1.52. The van der Waals surface area contributed by atoms with Gasteiger partial charge in [-0.2, -0.15) is 0 Å². The van der Waals surface area contributed by atoms with Gasteiger partial charge in [0, 0.05) is 10.4 Å². The molecule has 3 N–H and O–H groups in total. The Hall–Kier alpha value is -1.79. The van der Waals surface area contributed by atoms with E-state index in [1.807, 2.05) is 6.92 Å².